The van der Waals surface area contributed by atoms with E-state index in [9.17, 15) is 4.79 Å². The summed E-state index contributed by atoms with van der Waals surface area (Å²) in [5, 5.41) is 3.31. The molecule has 17 heavy (non-hydrogen) atoms. The van der Waals surface area contributed by atoms with E-state index in [1.165, 1.54) is 5.56 Å². The van der Waals surface area contributed by atoms with Gasteiger partial charge in [-0.15, -0.1) is 0 Å². The Labute approximate surface area is 102 Å². The molecule has 2 rings (SSSR count). The highest BCUT2D eigenvalue weighted by Crippen LogP contribution is 2.31. The molecule has 0 saturated carbocycles. The number of carbonyl (C=O) groups excluding carboxylic acids is 1. The molecule has 1 N–H and O–H groups in total. The Hall–Kier alpha value is -1.35. The second-order valence-electron chi connectivity index (χ2n) is 4.55. The molecule has 1 fully saturated rings. The first-order valence-corrected chi connectivity index (χ1v) is 6.20. The van der Waals surface area contributed by atoms with Crippen molar-refractivity contribution in [1.82, 2.24) is 5.32 Å². The fraction of sp³-hybridized carbons (Fsp3) is 0.500. The molecule has 0 amide bonds. The topological polar surface area (TPSA) is 38.3 Å². The number of carbonyl (C=O) groups is 1. The zero-order chi connectivity index (χ0) is 12.3. The zero-order valence-electron chi connectivity index (χ0n) is 10.3. The third-order valence-electron chi connectivity index (χ3n) is 3.24. The summed E-state index contributed by atoms with van der Waals surface area (Å²) in [6.07, 6.45) is 0.980. The van der Waals surface area contributed by atoms with E-state index in [2.05, 4.69) is 24.4 Å². The molecule has 1 aromatic rings. The van der Waals surface area contributed by atoms with Crippen molar-refractivity contribution in [2.75, 3.05) is 6.61 Å². The van der Waals surface area contributed by atoms with Gasteiger partial charge in [0.2, 0.25) is 0 Å². The smallest absolute Gasteiger partial charge is 0.323 e. The summed E-state index contributed by atoms with van der Waals surface area (Å²) in [7, 11) is 0. The molecule has 0 spiro atoms. The average molecular weight is 233 g/mol. The van der Waals surface area contributed by atoms with Crippen LogP contribution in [0.4, 0.5) is 0 Å². The molecule has 0 bridgehead atoms. The molecule has 3 atom stereocenters. The predicted molar refractivity (Wildman–Crippen MR) is 66.8 cm³/mol. The maximum Gasteiger partial charge on any atom is 0.323 e. The summed E-state index contributed by atoms with van der Waals surface area (Å²) in [6, 6.07) is 10.3. The number of hydrogen-bond acceptors (Lipinski definition) is 3. The van der Waals surface area contributed by atoms with Crippen molar-refractivity contribution in [1.29, 1.82) is 0 Å². The molecule has 0 aliphatic carbocycles. The summed E-state index contributed by atoms with van der Waals surface area (Å²) in [5.74, 6) is 0.0935. The molecule has 3 nitrogen and oxygen atoms in total. The van der Waals surface area contributed by atoms with Gasteiger partial charge in [-0.1, -0.05) is 30.3 Å². The molecule has 1 saturated heterocycles. The lowest BCUT2D eigenvalue weighted by atomic mass is 9.91. The highest BCUT2D eigenvalue weighted by Gasteiger charge is 2.38. The van der Waals surface area contributed by atoms with Crippen LogP contribution in [0.15, 0.2) is 30.3 Å². The van der Waals surface area contributed by atoms with Crippen LogP contribution < -0.4 is 5.32 Å². The Morgan fingerprint density at radius 2 is 2.12 bits per heavy atom. The maximum absolute atomic E-state index is 11.9. The number of hydrogen-bond donors (Lipinski definition) is 1. The summed E-state index contributed by atoms with van der Waals surface area (Å²) in [5.41, 5.74) is 1.21. The van der Waals surface area contributed by atoms with Crippen molar-refractivity contribution in [3.63, 3.8) is 0 Å². The van der Waals surface area contributed by atoms with Crippen LogP contribution in [0.25, 0.3) is 0 Å². The number of nitrogens with one attached hydrogen (secondary N) is 1. The van der Waals surface area contributed by atoms with E-state index in [1.54, 1.807) is 0 Å². The standard InChI is InChI=1S/C14H19NO2/c1-3-17-14(16)13-12(9-10(2)15-13)11-7-5-4-6-8-11/h4-8,10,12-13,15H,3,9H2,1-2H3/t10?,12-,13+/m0/s1. The van der Waals surface area contributed by atoms with Crippen molar-refractivity contribution >= 4 is 5.97 Å². The molecule has 1 aliphatic rings. The Balaban J connectivity index is 2.17. The SMILES string of the molecule is CCOC(=O)[C@@H]1NC(C)C[C@H]1c1ccccc1. The summed E-state index contributed by atoms with van der Waals surface area (Å²) in [4.78, 5) is 11.9. The van der Waals surface area contributed by atoms with Crippen LogP contribution >= 0.6 is 0 Å². The monoisotopic (exact) mass is 233 g/mol. The van der Waals surface area contributed by atoms with E-state index >= 15 is 0 Å². The van der Waals surface area contributed by atoms with Crippen LogP contribution in [-0.2, 0) is 9.53 Å². The van der Waals surface area contributed by atoms with Crippen molar-refractivity contribution in [3.05, 3.63) is 35.9 Å². The number of ether oxygens (including phenoxy) is 1. The van der Waals surface area contributed by atoms with E-state index in [4.69, 9.17) is 4.74 Å². The van der Waals surface area contributed by atoms with Gasteiger partial charge in [-0.25, -0.2) is 0 Å². The molecule has 1 unspecified atom stereocenters. The summed E-state index contributed by atoms with van der Waals surface area (Å²) < 4.78 is 5.12. The van der Waals surface area contributed by atoms with Gasteiger partial charge in [-0.3, -0.25) is 4.79 Å². The van der Waals surface area contributed by atoms with E-state index < -0.39 is 0 Å². The van der Waals surface area contributed by atoms with Crippen molar-refractivity contribution in [3.8, 4) is 0 Å². The minimum absolute atomic E-state index is 0.134. The van der Waals surface area contributed by atoms with Gasteiger partial charge >= 0.3 is 5.97 Å². The lowest BCUT2D eigenvalue weighted by Gasteiger charge is -2.18. The average Bonchev–Trinajstić information content (AvgIpc) is 2.73. The molecule has 0 aromatic heterocycles. The van der Waals surface area contributed by atoms with Crippen molar-refractivity contribution in [2.45, 2.75) is 38.3 Å². The fourth-order valence-corrected chi connectivity index (χ4v) is 2.50. The normalized spacial score (nSPS) is 28.0. The third kappa shape index (κ3) is 2.67. The van der Waals surface area contributed by atoms with Gasteiger partial charge in [-0.05, 0) is 25.8 Å². The van der Waals surface area contributed by atoms with E-state index in [1.807, 2.05) is 25.1 Å². The predicted octanol–water partition coefficient (Wildman–Crippen LogP) is 2.08. The number of rotatable bonds is 3. The van der Waals surface area contributed by atoms with Gasteiger partial charge in [0.05, 0.1) is 6.61 Å². The second kappa shape index (κ2) is 5.32. The molecule has 0 radical (unpaired) electrons. The fourth-order valence-electron chi connectivity index (χ4n) is 2.50. The zero-order valence-corrected chi connectivity index (χ0v) is 10.3. The van der Waals surface area contributed by atoms with E-state index in [0.29, 0.717) is 12.6 Å². The van der Waals surface area contributed by atoms with Crippen LogP contribution in [0.3, 0.4) is 0 Å². The van der Waals surface area contributed by atoms with Crippen LogP contribution in [-0.4, -0.2) is 24.7 Å². The molecule has 1 aliphatic heterocycles. The van der Waals surface area contributed by atoms with E-state index in [-0.39, 0.29) is 17.9 Å². The number of esters is 1. The first-order valence-electron chi connectivity index (χ1n) is 6.20. The van der Waals surface area contributed by atoms with Crippen molar-refractivity contribution in [2.24, 2.45) is 0 Å². The summed E-state index contributed by atoms with van der Waals surface area (Å²) in [6.45, 7) is 4.38. The maximum atomic E-state index is 11.9. The first kappa shape index (κ1) is 12.1. The first-order chi connectivity index (χ1) is 8.22. The van der Waals surface area contributed by atoms with Gasteiger partial charge in [0.25, 0.3) is 0 Å². The van der Waals surface area contributed by atoms with Gasteiger partial charge < -0.3 is 10.1 Å². The van der Waals surface area contributed by atoms with Gasteiger partial charge in [0, 0.05) is 12.0 Å². The molecular weight excluding hydrogens is 214 g/mol. The summed E-state index contributed by atoms with van der Waals surface area (Å²) >= 11 is 0. The van der Waals surface area contributed by atoms with Crippen LogP contribution in [0, 0.1) is 0 Å². The number of benzene rings is 1. The second-order valence-corrected chi connectivity index (χ2v) is 4.55. The minimum atomic E-state index is -0.202. The Morgan fingerprint density at radius 1 is 1.41 bits per heavy atom. The van der Waals surface area contributed by atoms with Crippen LogP contribution in [0.2, 0.25) is 0 Å². The van der Waals surface area contributed by atoms with Crippen LogP contribution in [0.5, 0.6) is 0 Å². The third-order valence-corrected chi connectivity index (χ3v) is 3.24. The highest BCUT2D eigenvalue weighted by molar-refractivity contribution is 5.77. The molecule has 92 valence electrons. The lowest BCUT2D eigenvalue weighted by Crippen LogP contribution is -2.38. The molecule has 1 aromatic carbocycles. The van der Waals surface area contributed by atoms with E-state index in [0.717, 1.165) is 6.42 Å². The van der Waals surface area contributed by atoms with Gasteiger partial charge in [-0.2, -0.15) is 0 Å². The Morgan fingerprint density at radius 3 is 2.76 bits per heavy atom. The van der Waals surface area contributed by atoms with Gasteiger partial charge in [0.1, 0.15) is 6.04 Å². The minimum Gasteiger partial charge on any atom is -0.465 e. The highest BCUT2D eigenvalue weighted by atomic mass is 16.5. The molecule has 1 heterocycles. The lowest BCUT2D eigenvalue weighted by molar-refractivity contribution is -0.145. The van der Waals surface area contributed by atoms with Gasteiger partial charge in [0.15, 0.2) is 0 Å². The van der Waals surface area contributed by atoms with Crippen molar-refractivity contribution < 1.29 is 9.53 Å². The van der Waals surface area contributed by atoms with Crippen LogP contribution in [0.1, 0.15) is 31.7 Å². The quantitative estimate of drug-likeness (QED) is 0.812. The molecular formula is C14H19NO2. The Bertz CT molecular complexity index is 377. The largest absolute Gasteiger partial charge is 0.465 e. The Kier molecular flexibility index (Phi) is 3.79. The molecule has 3 heteroatoms.